The van der Waals surface area contributed by atoms with Crippen LogP contribution < -0.4 is 10.6 Å². The van der Waals surface area contributed by atoms with Crippen LogP contribution >= 0.6 is 0 Å². The molecular formula is C15H26N4O. The van der Waals surface area contributed by atoms with Gasteiger partial charge in [-0.05, 0) is 39.4 Å². The molecule has 1 amide bonds. The second-order valence-corrected chi connectivity index (χ2v) is 5.07. The molecule has 112 valence electrons. The number of carbonyl (C=O) groups is 1. The third kappa shape index (κ3) is 6.02. The number of carbonyl (C=O) groups excluding carboxylic acids is 1. The predicted molar refractivity (Wildman–Crippen MR) is 82.6 cm³/mol. The topological polar surface area (TPSA) is 57.3 Å². The fourth-order valence-corrected chi connectivity index (χ4v) is 1.93. The van der Waals surface area contributed by atoms with E-state index < -0.39 is 0 Å². The van der Waals surface area contributed by atoms with Crippen LogP contribution in [0.2, 0.25) is 0 Å². The molecule has 0 bridgehead atoms. The number of nitrogens with one attached hydrogen (secondary N) is 2. The van der Waals surface area contributed by atoms with Crippen LogP contribution in [0.1, 0.15) is 33.4 Å². The maximum absolute atomic E-state index is 11.8. The van der Waals surface area contributed by atoms with Crippen molar-refractivity contribution >= 4 is 11.7 Å². The average molecular weight is 278 g/mol. The van der Waals surface area contributed by atoms with Crippen molar-refractivity contribution in [3.8, 4) is 0 Å². The lowest BCUT2D eigenvalue weighted by atomic mass is 10.3. The number of rotatable bonds is 8. The number of nitrogens with zero attached hydrogens (tertiary/aromatic N) is 2. The fourth-order valence-electron chi connectivity index (χ4n) is 1.93. The maximum Gasteiger partial charge on any atom is 0.234 e. The Labute approximate surface area is 121 Å². The third-order valence-electron chi connectivity index (χ3n) is 2.81. The van der Waals surface area contributed by atoms with Crippen LogP contribution in [0.25, 0.3) is 0 Å². The van der Waals surface area contributed by atoms with Gasteiger partial charge in [0.2, 0.25) is 5.91 Å². The van der Waals surface area contributed by atoms with Gasteiger partial charge in [0, 0.05) is 19.1 Å². The number of likely N-dealkylation sites (N-methyl/N-ethyl adjacent to an activating group) is 1. The van der Waals surface area contributed by atoms with Crippen molar-refractivity contribution in [3.05, 3.63) is 23.9 Å². The molecule has 0 aliphatic heterocycles. The molecule has 0 saturated carbocycles. The molecule has 0 saturated heterocycles. The highest BCUT2D eigenvalue weighted by Crippen LogP contribution is 2.07. The summed E-state index contributed by atoms with van der Waals surface area (Å²) in [6.07, 6.45) is 0. The van der Waals surface area contributed by atoms with E-state index in [4.69, 9.17) is 0 Å². The van der Waals surface area contributed by atoms with E-state index in [0.29, 0.717) is 13.1 Å². The lowest BCUT2D eigenvalue weighted by Crippen LogP contribution is -2.39. The number of hydrogen-bond donors (Lipinski definition) is 2. The molecule has 1 aromatic rings. The van der Waals surface area contributed by atoms with Gasteiger partial charge in [-0.25, -0.2) is 4.98 Å². The number of amides is 1. The van der Waals surface area contributed by atoms with Gasteiger partial charge >= 0.3 is 0 Å². The van der Waals surface area contributed by atoms with E-state index in [0.717, 1.165) is 24.6 Å². The monoisotopic (exact) mass is 278 g/mol. The van der Waals surface area contributed by atoms with Crippen LogP contribution in [0.3, 0.4) is 0 Å². The Morgan fingerprint density at radius 1 is 1.35 bits per heavy atom. The minimum Gasteiger partial charge on any atom is -0.370 e. The molecule has 0 spiro atoms. The molecule has 0 fully saturated rings. The smallest absolute Gasteiger partial charge is 0.234 e. The first kappa shape index (κ1) is 16.4. The lowest BCUT2D eigenvalue weighted by molar-refractivity contribution is -0.122. The zero-order valence-electron chi connectivity index (χ0n) is 12.9. The highest BCUT2D eigenvalue weighted by atomic mass is 16.2. The van der Waals surface area contributed by atoms with Crippen molar-refractivity contribution in [2.24, 2.45) is 0 Å². The fraction of sp³-hybridized carbons (Fsp3) is 0.600. The number of aromatic nitrogens is 1. The van der Waals surface area contributed by atoms with Gasteiger partial charge in [0.25, 0.3) is 0 Å². The number of anilines is 1. The summed E-state index contributed by atoms with van der Waals surface area (Å²) >= 11 is 0. The Morgan fingerprint density at radius 3 is 2.70 bits per heavy atom. The molecule has 0 radical (unpaired) electrons. The van der Waals surface area contributed by atoms with Crippen LogP contribution in [0.5, 0.6) is 0 Å². The van der Waals surface area contributed by atoms with Gasteiger partial charge in [0.05, 0.1) is 12.2 Å². The first-order chi connectivity index (χ1) is 9.55. The van der Waals surface area contributed by atoms with Crippen LogP contribution in [-0.2, 0) is 11.3 Å². The van der Waals surface area contributed by atoms with Gasteiger partial charge in [0.1, 0.15) is 5.82 Å². The molecule has 1 aromatic heterocycles. The minimum absolute atomic E-state index is 0.0599. The highest BCUT2D eigenvalue weighted by molar-refractivity contribution is 5.78. The average Bonchev–Trinajstić information content (AvgIpc) is 2.37. The standard InChI is InChI=1S/C15H26N4O/c1-5-16-14-9-7-8-13(18-14)10-19(6-2)11-15(20)17-12(3)4/h7-9,12H,5-6,10-11H2,1-4H3,(H,16,18)(H,17,20). The van der Waals surface area contributed by atoms with E-state index in [2.05, 4.69) is 27.4 Å². The Kier molecular flexibility index (Phi) is 7.01. The Balaban J connectivity index is 2.59. The van der Waals surface area contributed by atoms with Gasteiger partial charge in [0.15, 0.2) is 0 Å². The van der Waals surface area contributed by atoms with E-state index in [1.54, 1.807) is 0 Å². The second-order valence-electron chi connectivity index (χ2n) is 5.07. The van der Waals surface area contributed by atoms with Gasteiger partial charge in [-0.2, -0.15) is 0 Å². The van der Waals surface area contributed by atoms with Crippen molar-refractivity contribution in [1.29, 1.82) is 0 Å². The normalized spacial score (nSPS) is 10.9. The largest absolute Gasteiger partial charge is 0.370 e. The van der Waals surface area contributed by atoms with Crippen LogP contribution in [0.15, 0.2) is 18.2 Å². The van der Waals surface area contributed by atoms with E-state index in [9.17, 15) is 4.79 Å². The zero-order valence-corrected chi connectivity index (χ0v) is 12.9. The molecule has 5 heteroatoms. The molecular weight excluding hydrogens is 252 g/mol. The molecule has 5 nitrogen and oxygen atoms in total. The summed E-state index contributed by atoms with van der Waals surface area (Å²) in [4.78, 5) is 18.4. The van der Waals surface area contributed by atoms with Gasteiger partial charge in [-0.1, -0.05) is 13.0 Å². The second kappa shape index (κ2) is 8.53. The third-order valence-corrected chi connectivity index (χ3v) is 2.81. The molecule has 0 aliphatic carbocycles. The van der Waals surface area contributed by atoms with E-state index in [-0.39, 0.29) is 11.9 Å². The van der Waals surface area contributed by atoms with E-state index >= 15 is 0 Å². The van der Waals surface area contributed by atoms with E-state index in [1.807, 2.05) is 39.0 Å². The van der Waals surface area contributed by atoms with Crippen LogP contribution in [-0.4, -0.2) is 41.5 Å². The summed E-state index contributed by atoms with van der Waals surface area (Å²) in [7, 11) is 0. The molecule has 20 heavy (non-hydrogen) atoms. The van der Waals surface area contributed by atoms with Gasteiger partial charge in [-0.15, -0.1) is 0 Å². The molecule has 0 aromatic carbocycles. The van der Waals surface area contributed by atoms with Gasteiger partial charge in [-0.3, -0.25) is 9.69 Å². The first-order valence-corrected chi connectivity index (χ1v) is 7.26. The molecule has 1 rings (SSSR count). The van der Waals surface area contributed by atoms with Crippen molar-refractivity contribution in [1.82, 2.24) is 15.2 Å². The maximum atomic E-state index is 11.8. The summed E-state index contributed by atoms with van der Waals surface area (Å²) in [5, 5.41) is 6.11. The van der Waals surface area contributed by atoms with E-state index in [1.165, 1.54) is 0 Å². The molecule has 1 heterocycles. The zero-order chi connectivity index (χ0) is 15.0. The van der Waals surface area contributed by atoms with Crippen molar-refractivity contribution in [3.63, 3.8) is 0 Å². The van der Waals surface area contributed by atoms with Crippen molar-refractivity contribution < 1.29 is 4.79 Å². The number of hydrogen-bond acceptors (Lipinski definition) is 4. The predicted octanol–water partition coefficient (Wildman–Crippen LogP) is 1.86. The SMILES string of the molecule is CCNc1cccc(CN(CC)CC(=O)NC(C)C)n1. The van der Waals surface area contributed by atoms with Crippen molar-refractivity contribution in [2.75, 3.05) is 25.0 Å². The van der Waals surface area contributed by atoms with Gasteiger partial charge < -0.3 is 10.6 Å². The van der Waals surface area contributed by atoms with Crippen LogP contribution in [0.4, 0.5) is 5.82 Å². The Morgan fingerprint density at radius 2 is 2.10 bits per heavy atom. The summed E-state index contributed by atoms with van der Waals surface area (Å²) in [5.74, 6) is 0.942. The molecule has 2 N–H and O–H groups in total. The summed E-state index contributed by atoms with van der Waals surface area (Å²) < 4.78 is 0. The summed E-state index contributed by atoms with van der Waals surface area (Å²) in [6.45, 7) is 10.8. The lowest BCUT2D eigenvalue weighted by Gasteiger charge is -2.20. The highest BCUT2D eigenvalue weighted by Gasteiger charge is 2.11. The minimum atomic E-state index is 0.0599. The Bertz CT molecular complexity index is 420. The van der Waals surface area contributed by atoms with Crippen molar-refractivity contribution in [2.45, 2.75) is 40.3 Å². The summed E-state index contributed by atoms with van der Waals surface area (Å²) in [5.41, 5.74) is 0.975. The number of pyridine rings is 1. The molecule has 0 unspecified atom stereocenters. The molecule has 0 atom stereocenters. The van der Waals surface area contributed by atoms with Crippen LogP contribution in [0, 0.1) is 0 Å². The summed E-state index contributed by atoms with van der Waals surface area (Å²) in [6, 6.07) is 6.11. The first-order valence-electron chi connectivity index (χ1n) is 7.26. The molecule has 0 aliphatic rings. The Hall–Kier alpha value is -1.62. The quantitative estimate of drug-likeness (QED) is 0.762.